The molecule has 0 bridgehead atoms. The van der Waals surface area contributed by atoms with Gasteiger partial charge >= 0.3 is 5.97 Å². The van der Waals surface area contributed by atoms with Crippen LogP contribution in [0, 0.1) is 5.92 Å². The van der Waals surface area contributed by atoms with Gasteiger partial charge in [-0.15, -0.1) is 0 Å². The Hall–Kier alpha value is -0.650. The summed E-state index contributed by atoms with van der Waals surface area (Å²) in [5.41, 5.74) is 0. The molecule has 3 unspecified atom stereocenters. The zero-order valence-electron chi connectivity index (χ0n) is 11.4. The van der Waals surface area contributed by atoms with Crippen LogP contribution in [0.15, 0.2) is 0 Å². The van der Waals surface area contributed by atoms with Crippen molar-refractivity contribution < 1.29 is 15.0 Å². The van der Waals surface area contributed by atoms with Crippen LogP contribution in [-0.2, 0) is 4.79 Å². The fraction of sp³-hybridized carbons (Fsp3) is 0.923. The van der Waals surface area contributed by atoms with Crippen molar-refractivity contribution in [2.24, 2.45) is 5.92 Å². The van der Waals surface area contributed by atoms with Crippen molar-refractivity contribution >= 4 is 5.97 Å². The van der Waals surface area contributed by atoms with E-state index in [2.05, 4.69) is 17.1 Å². The average molecular weight is 258 g/mol. The number of carboxylic acid groups (broad SMARTS) is 1. The molecule has 0 aromatic heterocycles. The lowest BCUT2D eigenvalue weighted by Crippen LogP contribution is -2.51. The Labute approximate surface area is 109 Å². The number of aliphatic carboxylic acids is 1. The van der Waals surface area contributed by atoms with Crippen molar-refractivity contribution in [2.45, 2.75) is 45.3 Å². The number of hydrogen-bond acceptors (Lipinski definition) is 4. The van der Waals surface area contributed by atoms with E-state index < -0.39 is 5.97 Å². The lowest BCUT2D eigenvalue weighted by Gasteiger charge is -2.39. The van der Waals surface area contributed by atoms with E-state index in [1.165, 1.54) is 0 Å². The van der Waals surface area contributed by atoms with Crippen LogP contribution in [-0.4, -0.2) is 59.4 Å². The second-order valence-corrected chi connectivity index (χ2v) is 5.29. The first-order valence-corrected chi connectivity index (χ1v) is 6.88. The minimum absolute atomic E-state index is 0.174. The molecule has 0 spiro atoms. The largest absolute Gasteiger partial charge is 0.481 e. The Bertz CT molecular complexity index is 259. The zero-order chi connectivity index (χ0) is 13.5. The lowest BCUT2D eigenvalue weighted by molar-refractivity contribution is -0.137. The van der Waals surface area contributed by atoms with Crippen molar-refractivity contribution in [1.82, 2.24) is 10.2 Å². The Morgan fingerprint density at radius 1 is 1.50 bits per heavy atom. The number of carbonyl (C=O) groups is 1. The Kier molecular flexibility index (Phi) is 6.60. The third-order valence-electron chi connectivity index (χ3n) is 3.57. The normalized spacial score (nSPS) is 27.1. The molecule has 5 heteroatoms. The summed E-state index contributed by atoms with van der Waals surface area (Å²) >= 11 is 0. The van der Waals surface area contributed by atoms with Crippen molar-refractivity contribution in [1.29, 1.82) is 0 Å². The van der Waals surface area contributed by atoms with Crippen LogP contribution in [0.5, 0.6) is 0 Å². The Morgan fingerprint density at radius 3 is 2.78 bits per heavy atom. The quantitative estimate of drug-likeness (QED) is 0.621. The summed E-state index contributed by atoms with van der Waals surface area (Å²) in [5, 5.41) is 22.0. The van der Waals surface area contributed by atoms with E-state index in [9.17, 15) is 9.90 Å². The standard InChI is InChI=1S/C13H26N2O3/c1-3-5-14-12-7-11(10(2)16)8-15(9-12)6-4-13(17)18/h10-12,14,16H,3-9H2,1-2H3,(H,17,18). The van der Waals surface area contributed by atoms with Gasteiger partial charge in [0.05, 0.1) is 12.5 Å². The highest BCUT2D eigenvalue weighted by Crippen LogP contribution is 2.20. The molecule has 0 aromatic rings. The van der Waals surface area contributed by atoms with Crippen LogP contribution in [0.2, 0.25) is 0 Å². The topological polar surface area (TPSA) is 72.8 Å². The average Bonchev–Trinajstić information content (AvgIpc) is 2.33. The molecule has 1 fully saturated rings. The number of aliphatic hydroxyl groups excluding tert-OH is 1. The van der Waals surface area contributed by atoms with E-state index in [1.807, 2.05) is 6.92 Å². The molecule has 1 saturated heterocycles. The van der Waals surface area contributed by atoms with E-state index in [0.29, 0.717) is 12.6 Å². The molecule has 1 heterocycles. The molecule has 3 N–H and O–H groups in total. The van der Waals surface area contributed by atoms with Gasteiger partial charge in [-0.3, -0.25) is 4.79 Å². The first-order chi connectivity index (χ1) is 8.52. The number of piperidine rings is 1. The molecule has 18 heavy (non-hydrogen) atoms. The number of nitrogens with one attached hydrogen (secondary N) is 1. The number of hydrogen-bond donors (Lipinski definition) is 3. The highest BCUT2D eigenvalue weighted by atomic mass is 16.4. The van der Waals surface area contributed by atoms with Gasteiger partial charge in [-0.05, 0) is 32.2 Å². The fourth-order valence-corrected chi connectivity index (χ4v) is 2.51. The molecule has 106 valence electrons. The van der Waals surface area contributed by atoms with E-state index in [-0.39, 0.29) is 18.4 Å². The SMILES string of the molecule is CCCNC1CC(C(C)O)CN(CCC(=O)O)C1. The van der Waals surface area contributed by atoms with E-state index in [4.69, 9.17) is 5.11 Å². The maximum Gasteiger partial charge on any atom is 0.304 e. The van der Waals surface area contributed by atoms with E-state index in [1.54, 1.807) is 0 Å². The summed E-state index contributed by atoms with van der Waals surface area (Å²) in [4.78, 5) is 12.8. The summed E-state index contributed by atoms with van der Waals surface area (Å²) in [7, 11) is 0. The van der Waals surface area contributed by atoms with Crippen LogP contribution in [0.4, 0.5) is 0 Å². The molecule has 0 radical (unpaired) electrons. The van der Waals surface area contributed by atoms with Crippen molar-refractivity contribution in [3.05, 3.63) is 0 Å². The third kappa shape index (κ3) is 5.33. The van der Waals surface area contributed by atoms with Gasteiger partial charge in [-0.1, -0.05) is 6.92 Å². The van der Waals surface area contributed by atoms with Crippen LogP contribution >= 0.6 is 0 Å². The first kappa shape index (κ1) is 15.4. The van der Waals surface area contributed by atoms with Gasteiger partial charge in [-0.25, -0.2) is 0 Å². The molecule has 1 rings (SSSR count). The molecule has 5 nitrogen and oxygen atoms in total. The molecule has 0 aliphatic carbocycles. The maximum absolute atomic E-state index is 10.6. The lowest BCUT2D eigenvalue weighted by atomic mass is 9.90. The third-order valence-corrected chi connectivity index (χ3v) is 3.57. The van der Waals surface area contributed by atoms with Crippen molar-refractivity contribution in [2.75, 3.05) is 26.2 Å². The summed E-state index contributed by atoms with van der Waals surface area (Å²) in [5.74, 6) is -0.519. The first-order valence-electron chi connectivity index (χ1n) is 6.88. The molecular formula is C13H26N2O3. The van der Waals surface area contributed by atoms with Gasteiger partial charge in [0, 0.05) is 25.7 Å². The summed E-state index contributed by atoms with van der Waals surface area (Å²) in [6.07, 6.45) is 1.91. The number of carboxylic acids is 1. The highest BCUT2D eigenvalue weighted by molar-refractivity contribution is 5.66. The second-order valence-electron chi connectivity index (χ2n) is 5.29. The Balaban J connectivity index is 2.48. The predicted molar refractivity (Wildman–Crippen MR) is 70.6 cm³/mol. The maximum atomic E-state index is 10.6. The minimum atomic E-state index is -0.757. The van der Waals surface area contributed by atoms with Crippen LogP contribution in [0.1, 0.15) is 33.1 Å². The Morgan fingerprint density at radius 2 is 2.22 bits per heavy atom. The smallest absolute Gasteiger partial charge is 0.304 e. The van der Waals surface area contributed by atoms with Crippen LogP contribution in [0.3, 0.4) is 0 Å². The summed E-state index contributed by atoms with van der Waals surface area (Å²) in [6, 6.07) is 0.368. The number of aliphatic hydroxyl groups is 1. The van der Waals surface area contributed by atoms with Gasteiger partial charge in [0.2, 0.25) is 0 Å². The molecule has 1 aliphatic rings. The van der Waals surface area contributed by atoms with Gasteiger partial charge in [-0.2, -0.15) is 0 Å². The fourth-order valence-electron chi connectivity index (χ4n) is 2.51. The molecule has 1 aliphatic heterocycles. The molecular weight excluding hydrogens is 232 g/mol. The van der Waals surface area contributed by atoms with Crippen LogP contribution < -0.4 is 5.32 Å². The second kappa shape index (κ2) is 7.71. The van der Waals surface area contributed by atoms with Crippen LogP contribution in [0.25, 0.3) is 0 Å². The highest BCUT2D eigenvalue weighted by Gasteiger charge is 2.29. The minimum Gasteiger partial charge on any atom is -0.481 e. The zero-order valence-corrected chi connectivity index (χ0v) is 11.4. The number of rotatable bonds is 7. The predicted octanol–water partition coefficient (Wildman–Crippen LogP) is 0.532. The summed E-state index contributed by atoms with van der Waals surface area (Å²) in [6.45, 7) is 7.19. The summed E-state index contributed by atoms with van der Waals surface area (Å²) < 4.78 is 0. The van der Waals surface area contributed by atoms with Crippen molar-refractivity contribution in [3.8, 4) is 0 Å². The molecule has 0 aromatic carbocycles. The molecule has 0 amide bonds. The molecule has 3 atom stereocenters. The number of likely N-dealkylation sites (tertiary alicyclic amines) is 1. The van der Waals surface area contributed by atoms with E-state index >= 15 is 0 Å². The van der Waals surface area contributed by atoms with Crippen molar-refractivity contribution in [3.63, 3.8) is 0 Å². The van der Waals surface area contributed by atoms with Gasteiger partial charge in [0.1, 0.15) is 0 Å². The molecule has 0 saturated carbocycles. The van der Waals surface area contributed by atoms with Gasteiger partial charge in [0.25, 0.3) is 0 Å². The van der Waals surface area contributed by atoms with Gasteiger partial charge < -0.3 is 20.4 Å². The monoisotopic (exact) mass is 258 g/mol. The van der Waals surface area contributed by atoms with Gasteiger partial charge in [0.15, 0.2) is 0 Å². The number of nitrogens with zero attached hydrogens (tertiary/aromatic N) is 1. The van der Waals surface area contributed by atoms with E-state index in [0.717, 1.165) is 32.5 Å².